The van der Waals surface area contributed by atoms with Crippen molar-refractivity contribution in [3.8, 4) is 0 Å². The minimum atomic E-state index is -0.437. The van der Waals surface area contributed by atoms with Crippen molar-refractivity contribution in [3.05, 3.63) is 70.5 Å². The number of carbonyl (C=O) groups is 2. The number of hydrogen-bond acceptors (Lipinski definition) is 4. The number of ether oxygens (including phenoxy) is 1. The standard InChI is InChI=1S/C23H26ClFN4O3/c1-3-26-23(31)28(12-13-32-2)15-22(30)29-21(16-8-10-17(24)11-9-16)14-20(27-29)18-6-4-5-7-19(18)25/h4-11,21H,3,12-15H2,1-2H3,(H,26,31)/t21-/m1/s1. The molecule has 0 bridgehead atoms. The minimum Gasteiger partial charge on any atom is -0.383 e. The third-order valence-electron chi connectivity index (χ3n) is 5.11. The first kappa shape index (κ1) is 23.7. The molecular formula is C23H26ClFN4O3. The van der Waals surface area contributed by atoms with Gasteiger partial charge in [0.25, 0.3) is 5.91 Å². The van der Waals surface area contributed by atoms with E-state index in [0.717, 1.165) is 5.56 Å². The van der Waals surface area contributed by atoms with Crippen LogP contribution in [0.4, 0.5) is 9.18 Å². The van der Waals surface area contributed by atoms with E-state index in [-0.39, 0.29) is 31.6 Å². The zero-order valence-electron chi connectivity index (χ0n) is 18.1. The number of nitrogens with zero attached hydrogens (tertiary/aromatic N) is 3. The largest absolute Gasteiger partial charge is 0.383 e. The molecule has 3 rings (SSSR count). The number of nitrogens with one attached hydrogen (secondary N) is 1. The highest BCUT2D eigenvalue weighted by molar-refractivity contribution is 6.30. The van der Waals surface area contributed by atoms with Crippen LogP contribution < -0.4 is 5.32 Å². The van der Waals surface area contributed by atoms with Crippen LogP contribution >= 0.6 is 11.6 Å². The van der Waals surface area contributed by atoms with Crippen molar-refractivity contribution in [3.63, 3.8) is 0 Å². The van der Waals surface area contributed by atoms with Gasteiger partial charge in [0.15, 0.2) is 0 Å². The van der Waals surface area contributed by atoms with Gasteiger partial charge >= 0.3 is 6.03 Å². The van der Waals surface area contributed by atoms with Gasteiger partial charge in [0.05, 0.1) is 18.4 Å². The molecule has 1 aliphatic heterocycles. The number of carbonyl (C=O) groups excluding carboxylic acids is 2. The van der Waals surface area contributed by atoms with Crippen LogP contribution in [0.1, 0.15) is 30.5 Å². The molecule has 1 atom stereocenters. The second-order valence-electron chi connectivity index (χ2n) is 7.29. The molecule has 1 heterocycles. The number of urea groups is 1. The third kappa shape index (κ3) is 5.63. The van der Waals surface area contributed by atoms with Crippen LogP contribution in [-0.2, 0) is 9.53 Å². The molecule has 1 aliphatic rings. The van der Waals surface area contributed by atoms with E-state index in [4.69, 9.17) is 16.3 Å². The molecule has 170 valence electrons. The van der Waals surface area contributed by atoms with Crippen LogP contribution in [0.5, 0.6) is 0 Å². The molecule has 0 saturated heterocycles. The lowest BCUT2D eigenvalue weighted by Crippen LogP contribution is -2.47. The van der Waals surface area contributed by atoms with Gasteiger partial charge in [0.1, 0.15) is 12.4 Å². The van der Waals surface area contributed by atoms with Gasteiger partial charge in [-0.25, -0.2) is 14.2 Å². The molecule has 1 N–H and O–H groups in total. The summed E-state index contributed by atoms with van der Waals surface area (Å²) >= 11 is 6.02. The SMILES string of the molecule is CCNC(=O)N(CCOC)CC(=O)N1N=C(c2ccccc2F)C[C@@H]1c1ccc(Cl)cc1. The molecule has 9 heteroatoms. The van der Waals surface area contributed by atoms with Crippen molar-refractivity contribution in [2.75, 3.05) is 33.4 Å². The summed E-state index contributed by atoms with van der Waals surface area (Å²) in [5, 5.41) is 9.09. The number of rotatable bonds is 8. The third-order valence-corrected chi connectivity index (χ3v) is 5.36. The normalized spacial score (nSPS) is 15.4. The number of amides is 3. The van der Waals surface area contributed by atoms with Crippen LogP contribution in [0.2, 0.25) is 5.02 Å². The number of halogens is 2. The number of benzene rings is 2. The van der Waals surface area contributed by atoms with Gasteiger partial charge in [0.2, 0.25) is 0 Å². The lowest BCUT2D eigenvalue weighted by Gasteiger charge is -2.27. The Morgan fingerprint density at radius 1 is 1.25 bits per heavy atom. The minimum absolute atomic E-state index is 0.187. The molecule has 7 nitrogen and oxygen atoms in total. The van der Waals surface area contributed by atoms with Crippen molar-refractivity contribution < 1.29 is 18.7 Å². The van der Waals surface area contributed by atoms with E-state index >= 15 is 0 Å². The molecular weight excluding hydrogens is 435 g/mol. The van der Waals surface area contributed by atoms with Gasteiger partial charge in [-0.2, -0.15) is 5.10 Å². The van der Waals surface area contributed by atoms with Gasteiger partial charge < -0.3 is 15.0 Å². The topological polar surface area (TPSA) is 74.2 Å². The summed E-state index contributed by atoms with van der Waals surface area (Å²) in [5.41, 5.74) is 1.64. The Hall–Kier alpha value is -2.97. The molecule has 0 radical (unpaired) electrons. The van der Waals surface area contributed by atoms with E-state index in [2.05, 4.69) is 10.4 Å². The molecule has 0 fully saturated rings. The molecule has 0 aliphatic carbocycles. The molecule has 0 aromatic heterocycles. The fourth-order valence-electron chi connectivity index (χ4n) is 3.50. The van der Waals surface area contributed by atoms with Crippen molar-refractivity contribution in [1.29, 1.82) is 0 Å². The zero-order valence-corrected chi connectivity index (χ0v) is 18.8. The van der Waals surface area contributed by atoms with Gasteiger partial charge in [-0.3, -0.25) is 4.79 Å². The molecule has 0 spiro atoms. The average Bonchev–Trinajstić information content (AvgIpc) is 3.22. The Morgan fingerprint density at radius 2 is 1.97 bits per heavy atom. The van der Waals surface area contributed by atoms with Crippen LogP contribution in [0.15, 0.2) is 53.6 Å². The highest BCUT2D eigenvalue weighted by atomic mass is 35.5. The predicted octanol–water partition coefficient (Wildman–Crippen LogP) is 3.83. The summed E-state index contributed by atoms with van der Waals surface area (Å²) in [6.45, 7) is 2.58. The highest BCUT2D eigenvalue weighted by Gasteiger charge is 2.35. The maximum absolute atomic E-state index is 14.4. The molecule has 0 unspecified atom stereocenters. The van der Waals surface area contributed by atoms with E-state index in [1.165, 1.54) is 23.1 Å². The van der Waals surface area contributed by atoms with Crippen LogP contribution in [0, 0.1) is 5.82 Å². The lowest BCUT2D eigenvalue weighted by molar-refractivity contribution is -0.133. The van der Waals surface area contributed by atoms with Gasteiger partial charge in [-0.1, -0.05) is 41.9 Å². The number of hydrogen-bond donors (Lipinski definition) is 1. The van der Waals surface area contributed by atoms with Crippen LogP contribution in [0.25, 0.3) is 0 Å². The summed E-state index contributed by atoms with van der Waals surface area (Å²) in [5.74, 6) is -0.780. The second-order valence-corrected chi connectivity index (χ2v) is 7.72. The van der Waals surface area contributed by atoms with E-state index in [1.807, 2.05) is 12.1 Å². The number of methoxy groups -OCH3 is 1. The number of hydrazone groups is 1. The van der Waals surface area contributed by atoms with E-state index in [9.17, 15) is 14.0 Å². The first-order chi connectivity index (χ1) is 15.4. The fourth-order valence-corrected chi connectivity index (χ4v) is 3.62. The first-order valence-corrected chi connectivity index (χ1v) is 10.7. The van der Waals surface area contributed by atoms with Crippen molar-refractivity contribution >= 4 is 29.3 Å². The lowest BCUT2D eigenvalue weighted by atomic mass is 9.98. The Morgan fingerprint density at radius 3 is 2.62 bits per heavy atom. The monoisotopic (exact) mass is 460 g/mol. The van der Waals surface area contributed by atoms with Crippen molar-refractivity contribution in [2.24, 2.45) is 5.10 Å². The van der Waals surface area contributed by atoms with E-state index < -0.39 is 11.9 Å². The van der Waals surface area contributed by atoms with E-state index in [0.29, 0.717) is 29.3 Å². The molecule has 2 aromatic rings. The average molecular weight is 461 g/mol. The van der Waals surface area contributed by atoms with Crippen LogP contribution in [-0.4, -0.2) is 60.9 Å². The second kappa shape index (κ2) is 11.1. The Balaban J connectivity index is 1.90. The molecule has 3 amide bonds. The van der Waals surface area contributed by atoms with Crippen molar-refractivity contribution in [1.82, 2.24) is 15.2 Å². The first-order valence-electron chi connectivity index (χ1n) is 10.4. The smallest absolute Gasteiger partial charge is 0.317 e. The summed E-state index contributed by atoms with van der Waals surface area (Å²) in [6.07, 6.45) is 0.341. The van der Waals surface area contributed by atoms with E-state index in [1.54, 1.807) is 37.3 Å². The molecule has 2 aromatic carbocycles. The Labute approximate surface area is 191 Å². The summed E-state index contributed by atoms with van der Waals surface area (Å²) in [6, 6.07) is 12.6. The quantitative estimate of drug-likeness (QED) is 0.650. The Bertz CT molecular complexity index is 983. The zero-order chi connectivity index (χ0) is 23.1. The summed E-state index contributed by atoms with van der Waals surface area (Å²) < 4.78 is 19.5. The molecule has 32 heavy (non-hydrogen) atoms. The van der Waals surface area contributed by atoms with Gasteiger partial charge in [0, 0.05) is 37.2 Å². The van der Waals surface area contributed by atoms with Gasteiger partial charge in [-0.05, 0) is 30.7 Å². The molecule has 0 saturated carbocycles. The maximum atomic E-state index is 14.4. The Kier molecular flexibility index (Phi) is 8.19. The fraction of sp³-hybridized carbons (Fsp3) is 0.348. The summed E-state index contributed by atoms with van der Waals surface area (Å²) in [4.78, 5) is 27.1. The predicted molar refractivity (Wildman–Crippen MR) is 121 cm³/mol. The van der Waals surface area contributed by atoms with Crippen molar-refractivity contribution in [2.45, 2.75) is 19.4 Å². The summed E-state index contributed by atoms with van der Waals surface area (Å²) in [7, 11) is 1.53. The maximum Gasteiger partial charge on any atom is 0.317 e. The highest BCUT2D eigenvalue weighted by Crippen LogP contribution is 2.34. The van der Waals surface area contributed by atoms with Crippen LogP contribution in [0.3, 0.4) is 0 Å². The van der Waals surface area contributed by atoms with Gasteiger partial charge in [-0.15, -0.1) is 0 Å².